The molecule has 2 aromatic heterocycles. The molecule has 1 aliphatic rings. The molecule has 96 valence electrons. The van der Waals surface area contributed by atoms with Crippen LogP contribution in [0.25, 0.3) is 5.65 Å². The number of nitrogens with two attached hydrogens (primary N) is 1. The van der Waals surface area contributed by atoms with Crippen LogP contribution in [0.1, 0.15) is 5.69 Å². The Morgan fingerprint density at radius 3 is 2.83 bits per heavy atom. The molecule has 3 heterocycles. The van der Waals surface area contributed by atoms with E-state index in [1.807, 2.05) is 13.0 Å². The van der Waals surface area contributed by atoms with E-state index in [4.69, 9.17) is 10.5 Å². The Kier molecular flexibility index (Phi) is 2.87. The van der Waals surface area contributed by atoms with Gasteiger partial charge in [-0.05, 0) is 22.9 Å². The second-order valence-electron chi connectivity index (χ2n) is 4.28. The Balaban J connectivity index is 2.10. The monoisotopic (exact) mass is 311 g/mol. The van der Waals surface area contributed by atoms with E-state index < -0.39 is 0 Å². The topological polar surface area (TPSA) is 68.7 Å². The average Bonchev–Trinajstić information content (AvgIpc) is 2.68. The van der Waals surface area contributed by atoms with Crippen molar-refractivity contribution < 1.29 is 4.74 Å². The molecule has 1 aliphatic heterocycles. The van der Waals surface area contributed by atoms with Gasteiger partial charge in [-0.3, -0.25) is 0 Å². The van der Waals surface area contributed by atoms with Gasteiger partial charge >= 0.3 is 0 Å². The lowest BCUT2D eigenvalue weighted by molar-refractivity contribution is 0.122. The molecule has 0 bridgehead atoms. The van der Waals surface area contributed by atoms with E-state index in [1.165, 1.54) is 0 Å². The minimum Gasteiger partial charge on any atom is -0.396 e. The van der Waals surface area contributed by atoms with E-state index >= 15 is 0 Å². The summed E-state index contributed by atoms with van der Waals surface area (Å²) in [4.78, 5) is 6.55. The van der Waals surface area contributed by atoms with Crippen LogP contribution in [0.3, 0.4) is 0 Å². The summed E-state index contributed by atoms with van der Waals surface area (Å²) in [6.45, 7) is 5.05. The number of fused-ring (bicyclic) bond motifs is 1. The fourth-order valence-electron chi connectivity index (χ4n) is 2.06. The third kappa shape index (κ3) is 1.83. The summed E-state index contributed by atoms with van der Waals surface area (Å²) in [6, 6.07) is 1.87. The normalized spacial score (nSPS) is 16.4. The van der Waals surface area contributed by atoms with E-state index in [9.17, 15) is 0 Å². The number of aromatic nitrogens is 3. The van der Waals surface area contributed by atoms with Gasteiger partial charge in [-0.15, -0.1) is 5.10 Å². The molecule has 0 radical (unpaired) electrons. The van der Waals surface area contributed by atoms with Crippen LogP contribution >= 0.6 is 15.9 Å². The average molecular weight is 312 g/mol. The lowest BCUT2D eigenvalue weighted by Crippen LogP contribution is -2.37. The predicted molar refractivity (Wildman–Crippen MR) is 72.9 cm³/mol. The minimum absolute atomic E-state index is 0.639. The third-order valence-corrected chi connectivity index (χ3v) is 3.95. The van der Waals surface area contributed by atoms with Crippen molar-refractivity contribution in [3.63, 3.8) is 0 Å². The van der Waals surface area contributed by atoms with Gasteiger partial charge in [0, 0.05) is 19.2 Å². The number of anilines is 2. The highest BCUT2D eigenvalue weighted by molar-refractivity contribution is 9.10. The van der Waals surface area contributed by atoms with E-state index in [1.54, 1.807) is 4.52 Å². The van der Waals surface area contributed by atoms with Gasteiger partial charge in [0.1, 0.15) is 4.60 Å². The fraction of sp³-hybridized carbons (Fsp3) is 0.455. The summed E-state index contributed by atoms with van der Waals surface area (Å²) >= 11 is 3.48. The fourth-order valence-corrected chi connectivity index (χ4v) is 2.39. The van der Waals surface area contributed by atoms with Crippen LogP contribution in [0.5, 0.6) is 0 Å². The maximum Gasteiger partial charge on any atom is 0.178 e. The number of morpholine rings is 1. The van der Waals surface area contributed by atoms with Crippen LogP contribution in [0, 0.1) is 6.92 Å². The molecule has 0 aliphatic carbocycles. The van der Waals surface area contributed by atoms with Crippen molar-refractivity contribution in [2.75, 3.05) is 36.9 Å². The number of ether oxygens (including phenoxy) is 1. The van der Waals surface area contributed by atoms with Gasteiger partial charge in [0.25, 0.3) is 0 Å². The Labute approximate surface area is 113 Å². The highest BCUT2D eigenvalue weighted by Crippen LogP contribution is 2.24. The van der Waals surface area contributed by atoms with Crippen molar-refractivity contribution >= 4 is 33.1 Å². The van der Waals surface area contributed by atoms with E-state index in [2.05, 4.69) is 30.9 Å². The van der Waals surface area contributed by atoms with Gasteiger partial charge in [-0.1, -0.05) is 0 Å². The molecule has 0 unspecified atom stereocenters. The number of nitrogen functional groups attached to an aromatic ring is 1. The molecule has 1 saturated heterocycles. The molecule has 0 spiro atoms. The Morgan fingerprint density at radius 1 is 1.39 bits per heavy atom. The van der Waals surface area contributed by atoms with Gasteiger partial charge in [0.2, 0.25) is 0 Å². The highest BCUT2D eigenvalue weighted by Gasteiger charge is 2.17. The van der Waals surface area contributed by atoms with Crippen molar-refractivity contribution in [1.82, 2.24) is 14.6 Å². The van der Waals surface area contributed by atoms with Crippen molar-refractivity contribution in [3.05, 3.63) is 16.4 Å². The van der Waals surface area contributed by atoms with Crippen LogP contribution in [0.4, 0.5) is 11.5 Å². The van der Waals surface area contributed by atoms with Gasteiger partial charge < -0.3 is 15.4 Å². The summed E-state index contributed by atoms with van der Waals surface area (Å²) in [7, 11) is 0. The number of nitrogens with zero attached hydrogens (tertiary/aromatic N) is 4. The van der Waals surface area contributed by atoms with Gasteiger partial charge in [-0.2, -0.15) is 0 Å². The molecular weight excluding hydrogens is 298 g/mol. The van der Waals surface area contributed by atoms with Gasteiger partial charge in [0.15, 0.2) is 11.5 Å². The summed E-state index contributed by atoms with van der Waals surface area (Å²) < 4.78 is 7.93. The summed E-state index contributed by atoms with van der Waals surface area (Å²) in [6.07, 6.45) is 0. The molecule has 0 saturated carbocycles. The number of imidazole rings is 1. The quantitative estimate of drug-likeness (QED) is 0.857. The zero-order chi connectivity index (χ0) is 12.7. The number of hydrogen-bond acceptors (Lipinski definition) is 5. The van der Waals surface area contributed by atoms with Crippen LogP contribution in [-0.2, 0) is 4.74 Å². The summed E-state index contributed by atoms with van der Waals surface area (Å²) in [5.41, 5.74) is 8.26. The smallest absolute Gasteiger partial charge is 0.178 e. The Morgan fingerprint density at radius 2 is 2.11 bits per heavy atom. The zero-order valence-corrected chi connectivity index (χ0v) is 11.6. The van der Waals surface area contributed by atoms with E-state index in [0.717, 1.165) is 42.4 Å². The zero-order valence-electron chi connectivity index (χ0n) is 10.1. The molecule has 3 rings (SSSR count). The highest BCUT2D eigenvalue weighted by atomic mass is 79.9. The molecule has 6 nitrogen and oxygen atoms in total. The number of halogens is 1. The standard InChI is InChI=1S/C11H14BrN5O/c1-7-10(12)17-11(14-7)8(13)6-9(15-17)16-2-4-18-5-3-16/h6H,2-5,13H2,1H3. The first kappa shape index (κ1) is 11.7. The summed E-state index contributed by atoms with van der Waals surface area (Å²) in [5, 5.41) is 4.58. The molecule has 2 N–H and O–H groups in total. The van der Waals surface area contributed by atoms with E-state index in [0.29, 0.717) is 11.3 Å². The van der Waals surface area contributed by atoms with Crippen LogP contribution in [-0.4, -0.2) is 40.9 Å². The summed E-state index contributed by atoms with van der Waals surface area (Å²) in [5.74, 6) is 0.862. The second-order valence-corrected chi connectivity index (χ2v) is 5.03. The maximum absolute atomic E-state index is 6.04. The molecule has 2 aromatic rings. The molecule has 18 heavy (non-hydrogen) atoms. The van der Waals surface area contributed by atoms with Crippen LogP contribution in [0.15, 0.2) is 10.7 Å². The van der Waals surface area contributed by atoms with Crippen LogP contribution < -0.4 is 10.6 Å². The SMILES string of the molecule is Cc1nc2c(N)cc(N3CCOCC3)nn2c1Br. The molecule has 1 fully saturated rings. The van der Waals surface area contributed by atoms with Gasteiger partial charge in [-0.25, -0.2) is 9.50 Å². The minimum atomic E-state index is 0.639. The first-order chi connectivity index (χ1) is 8.66. The number of hydrogen-bond donors (Lipinski definition) is 1. The maximum atomic E-state index is 6.04. The van der Waals surface area contributed by atoms with E-state index in [-0.39, 0.29) is 0 Å². The largest absolute Gasteiger partial charge is 0.396 e. The number of aryl methyl sites for hydroxylation is 1. The van der Waals surface area contributed by atoms with Crippen molar-refractivity contribution in [3.8, 4) is 0 Å². The van der Waals surface area contributed by atoms with Crippen LogP contribution in [0.2, 0.25) is 0 Å². The molecule has 0 aromatic carbocycles. The first-order valence-corrected chi connectivity index (χ1v) is 6.60. The van der Waals surface area contributed by atoms with Crippen molar-refractivity contribution in [2.24, 2.45) is 0 Å². The Bertz CT molecular complexity index is 591. The molecule has 7 heteroatoms. The molecule has 0 atom stereocenters. The Hall–Kier alpha value is -1.34. The lowest BCUT2D eigenvalue weighted by Gasteiger charge is -2.27. The van der Waals surface area contributed by atoms with Crippen molar-refractivity contribution in [2.45, 2.75) is 6.92 Å². The third-order valence-electron chi connectivity index (χ3n) is 3.04. The molecular formula is C11H14BrN5O. The van der Waals surface area contributed by atoms with Crippen molar-refractivity contribution in [1.29, 1.82) is 0 Å². The molecule has 0 amide bonds. The first-order valence-electron chi connectivity index (χ1n) is 5.81. The lowest BCUT2D eigenvalue weighted by atomic mass is 10.3. The predicted octanol–water partition coefficient (Wildman–Crippen LogP) is 1.22. The number of rotatable bonds is 1. The second kappa shape index (κ2) is 4.40. The van der Waals surface area contributed by atoms with Gasteiger partial charge in [0.05, 0.1) is 24.6 Å².